The number of rotatable bonds is 6. The summed E-state index contributed by atoms with van der Waals surface area (Å²) in [5.74, 6) is 0. The molecule has 0 bridgehead atoms. The predicted molar refractivity (Wildman–Crippen MR) is 91.6 cm³/mol. The standard InChI is InChI=1S/C17H24BrN3/c1-5-8-19-17(11-15-9-13(3)20-21(15)4)14-7-6-12(2)16(18)10-14/h6-7,9-10,17,19H,5,8,11H2,1-4H3. The smallest absolute Gasteiger partial charge is 0.0596 e. The number of aryl methyl sites for hydroxylation is 3. The Balaban J connectivity index is 2.24. The van der Waals surface area contributed by atoms with Crippen molar-refractivity contribution in [3.63, 3.8) is 0 Å². The number of hydrogen-bond donors (Lipinski definition) is 1. The molecule has 1 unspecified atom stereocenters. The van der Waals surface area contributed by atoms with E-state index in [4.69, 9.17) is 0 Å². The van der Waals surface area contributed by atoms with Gasteiger partial charge < -0.3 is 5.32 Å². The van der Waals surface area contributed by atoms with Crippen molar-refractivity contribution in [1.82, 2.24) is 15.1 Å². The second-order valence-electron chi connectivity index (χ2n) is 5.62. The van der Waals surface area contributed by atoms with Crippen molar-refractivity contribution < 1.29 is 0 Å². The SMILES string of the molecule is CCCNC(Cc1cc(C)nn1C)c1ccc(C)c(Br)c1. The van der Waals surface area contributed by atoms with Crippen molar-refractivity contribution in [1.29, 1.82) is 0 Å². The predicted octanol–water partition coefficient (Wildman–Crippen LogP) is 4.08. The van der Waals surface area contributed by atoms with E-state index >= 15 is 0 Å². The molecule has 0 saturated carbocycles. The molecule has 1 aromatic heterocycles. The number of aromatic nitrogens is 2. The Bertz CT molecular complexity index is 604. The molecule has 2 rings (SSSR count). The van der Waals surface area contributed by atoms with Gasteiger partial charge in [-0.2, -0.15) is 5.10 Å². The maximum atomic E-state index is 4.45. The molecule has 1 aromatic carbocycles. The summed E-state index contributed by atoms with van der Waals surface area (Å²) in [5, 5.41) is 8.10. The topological polar surface area (TPSA) is 29.9 Å². The van der Waals surface area contributed by atoms with Gasteiger partial charge in [-0.1, -0.05) is 35.0 Å². The van der Waals surface area contributed by atoms with E-state index in [9.17, 15) is 0 Å². The lowest BCUT2D eigenvalue weighted by molar-refractivity contribution is 0.512. The van der Waals surface area contributed by atoms with Crippen LogP contribution in [0, 0.1) is 13.8 Å². The first-order valence-electron chi connectivity index (χ1n) is 7.50. The van der Waals surface area contributed by atoms with Gasteiger partial charge in [0.15, 0.2) is 0 Å². The summed E-state index contributed by atoms with van der Waals surface area (Å²) >= 11 is 3.64. The molecule has 114 valence electrons. The van der Waals surface area contributed by atoms with Gasteiger partial charge in [-0.25, -0.2) is 0 Å². The van der Waals surface area contributed by atoms with Gasteiger partial charge in [0.25, 0.3) is 0 Å². The molecule has 0 aliphatic rings. The van der Waals surface area contributed by atoms with Crippen LogP contribution in [0.5, 0.6) is 0 Å². The molecule has 1 N–H and O–H groups in total. The average molecular weight is 350 g/mol. The third kappa shape index (κ3) is 4.17. The van der Waals surface area contributed by atoms with Crippen LogP contribution in [0.1, 0.15) is 41.9 Å². The third-order valence-electron chi connectivity index (χ3n) is 3.75. The van der Waals surface area contributed by atoms with Crippen molar-refractivity contribution in [2.75, 3.05) is 6.54 Å². The first-order valence-corrected chi connectivity index (χ1v) is 8.29. The summed E-state index contributed by atoms with van der Waals surface area (Å²) in [5.41, 5.74) is 4.92. The number of benzene rings is 1. The largest absolute Gasteiger partial charge is 0.310 e. The highest BCUT2D eigenvalue weighted by molar-refractivity contribution is 9.10. The minimum atomic E-state index is 0.316. The van der Waals surface area contributed by atoms with E-state index in [-0.39, 0.29) is 0 Å². The molecule has 2 aromatic rings. The third-order valence-corrected chi connectivity index (χ3v) is 4.61. The fourth-order valence-electron chi connectivity index (χ4n) is 2.52. The van der Waals surface area contributed by atoms with Crippen LogP contribution in [0.15, 0.2) is 28.7 Å². The van der Waals surface area contributed by atoms with Crippen molar-refractivity contribution in [2.45, 2.75) is 39.7 Å². The normalized spacial score (nSPS) is 12.6. The summed E-state index contributed by atoms with van der Waals surface area (Å²) in [4.78, 5) is 0. The molecule has 1 atom stereocenters. The van der Waals surface area contributed by atoms with Crippen molar-refractivity contribution in [3.8, 4) is 0 Å². The van der Waals surface area contributed by atoms with E-state index in [1.54, 1.807) is 0 Å². The van der Waals surface area contributed by atoms with Gasteiger partial charge in [-0.3, -0.25) is 4.68 Å². The second-order valence-corrected chi connectivity index (χ2v) is 6.47. The summed E-state index contributed by atoms with van der Waals surface area (Å²) in [6.45, 7) is 7.38. The second kappa shape index (κ2) is 7.23. The zero-order chi connectivity index (χ0) is 15.4. The summed E-state index contributed by atoms with van der Waals surface area (Å²) in [6.07, 6.45) is 2.08. The van der Waals surface area contributed by atoms with Gasteiger partial charge >= 0.3 is 0 Å². The van der Waals surface area contributed by atoms with E-state index in [1.807, 2.05) is 18.7 Å². The number of nitrogens with zero attached hydrogens (tertiary/aromatic N) is 2. The molecule has 21 heavy (non-hydrogen) atoms. The van der Waals surface area contributed by atoms with Crippen LogP contribution in [-0.4, -0.2) is 16.3 Å². The molecule has 0 fully saturated rings. The lowest BCUT2D eigenvalue weighted by Gasteiger charge is -2.20. The fraction of sp³-hybridized carbons (Fsp3) is 0.471. The van der Waals surface area contributed by atoms with Gasteiger partial charge in [0.1, 0.15) is 0 Å². The lowest BCUT2D eigenvalue weighted by Crippen LogP contribution is -2.25. The molecular weight excluding hydrogens is 326 g/mol. The summed E-state index contributed by atoms with van der Waals surface area (Å²) in [6, 6.07) is 9.11. The van der Waals surface area contributed by atoms with Gasteiger partial charge in [0.05, 0.1) is 5.69 Å². The first-order chi connectivity index (χ1) is 10.0. The first kappa shape index (κ1) is 16.2. The van der Waals surface area contributed by atoms with Crippen LogP contribution in [-0.2, 0) is 13.5 Å². The highest BCUT2D eigenvalue weighted by atomic mass is 79.9. The van der Waals surface area contributed by atoms with E-state index < -0.39 is 0 Å². The van der Waals surface area contributed by atoms with Crippen molar-refractivity contribution >= 4 is 15.9 Å². The van der Waals surface area contributed by atoms with Gasteiger partial charge in [0.2, 0.25) is 0 Å². The number of hydrogen-bond acceptors (Lipinski definition) is 2. The Morgan fingerprint density at radius 2 is 2.05 bits per heavy atom. The Kier molecular flexibility index (Phi) is 5.59. The molecule has 0 aliphatic heterocycles. The monoisotopic (exact) mass is 349 g/mol. The van der Waals surface area contributed by atoms with E-state index in [2.05, 4.69) is 64.5 Å². The maximum Gasteiger partial charge on any atom is 0.0596 e. The quantitative estimate of drug-likeness (QED) is 0.851. The molecular formula is C17H24BrN3. The lowest BCUT2D eigenvalue weighted by atomic mass is 10.0. The Hall–Kier alpha value is -1.13. The van der Waals surface area contributed by atoms with E-state index in [0.717, 1.165) is 25.1 Å². The maximum absolute atomic E-state index is 4.45. The van der Waals surface area contributed by atoms with Crippen LogP contribution in [0.3, 0.4) is 0 Å². The fourth-order valence-corrected chi connectivity index (χ4v) is 2.91. The minimum Gasteiger partial charge on any atom is -0.310 e. The molecule has 0 aliphatic carbocycles. The number of halogens is 1. The van der Waals surface area contributed by atoms with Gasteiger partial charge in [0, 0.05) is 29.7 Å². The highest BCUT2D eigenvalue weighted by Gasteiger charge is 2.15. The van der Waals surface area contributed by atoms with Crippen molar-refractivity contribution in [2.24, 2.45) is 7.05 Å². The Morgan fingerprint density at radius 1 is 1.29 bits per heavy atom. The van der Waals surface area contributed by atoms with E-state index in [0.29, 0.717) is 6.04 Å². The number of nitrogens with one attached hydrogen (secondary N) is 1. The van der Waals surface area contributed by atoms with Gasteiger partial charge in [-0.05, 0) is 50.1 Å². The van der Waals surface area contributed by atoms with Crippen LogP contribution in [0.4, 0.5) is 0 Å². The molecule has 4 heteroatoms. The molecule has 0 saturated heterocycles. The summed E-state index contributed by atoms with van der Waals surface area (Å²) in [7, 11) is 2.02. The minimum absolute atomic E-state index is 0.316. The van der Waals surface area contributed by atoms with Crippen molar-refractivity contribution in [3.05, 3.63) is 51.3 Å². The van der Waals surface area contributed by atoms with Crippen LogP contribution in [0.2, 0.25) is 0 Å². The highest BCUT2D eigenvalue weighted by Crippen LogP contribution is 2.24. The zero-order valence-electron chi connectivity index (χ0n) is 13.3. The molecule has 0 spiro atoms. The Labute approximate surface area is 135 Å². The molecule has 0 radical (unpaired) electrons. The van der Waals surface area contributed by atoms with Gasteiger partial charge in [-0.15, -0.1) is 0 Å². The zero-order valence-corrected chi connectivity index (χ0v) is 14.9. The molecule has 0 amide bonds. The van der Waals surface area contributed by atoms with Crippen LogP contribution < -0.4 is 5.32 Å². The van der Waals surface area contributed by atoms with E-state index in [1.165, 1.54) is 21.3 Å². The van der Waals surface area contributed by atoms with Crippen LogP contribution >= 0.6 is 15.9 Å². The van der Waals surface area contributed by atoms with Crippen LogP contribution in [0.25, 0.3) is 0 Å². The average Bonchev–Trinajstić information content (AvgIpc) is 2.76. The Morgan fingerprint density at radius 3 is 2.62 bits per heavy atom. The molecule has 1 heterocycles. The molecule has 3 nitrogen and oxygen atoms in total. The summed E-state index contributed by atoms with van der Waals surface area (Å²) < 4.78 is 3.16.